The van der Waals surface area contributed by atoms with Gasteiger partial charge in [-0.15, -0.1) is 0 Å². The molecule has 0 spiro atoms. The molecule has 3 rings (SSSR count). The molecule has 1 aromatic heterocycles. The molecule has 2 heterocycles. The molecule has 122 valence electrons. The van der Waals surface area contributed by atoms with Crippen molar-refractivity contribution in [2.45, 2.75) is 26.0 Å². The lowest BCUT2D eigenvalue weighted by Gasteiger charge is -2.30. The highest BCUT2D eigenvalue weighted by molar-refractivity contribution is 5.51. The maximum atomic E-state index is 9.70. The van der Waals surface area contributed by atoms with Crippen molar-refractivity contribution in [3.8, 4) is 0 Å². The minimum atomic E-state index is -0.430. The first kappa shape index (κ1) is 15.7. The van der Waals surface area contributed by atoms with Crippen molar-refractivity contribution in [3.63, 3.8) is 0 Å². The molecule has 1 aliphatic rings. The van der Waals surface area contributed by atoms with Gasteiger partial charge in [0, 0.05) is 25.7 Å². The normalized spacial score (nSPS) is 15.2. The summed E-state index contributed by atoms with van der Waals surface area (Å²) in [5.41, 5.74) is 3.53. The van der Waals surface area contributed by atoms with Crippen molar-refractivity contribution < 1.29 is 10.2 Å². The molecule has 3 N–H and O–H groups in total. The molecule has 1 aromatic carbocycles. The van der Waals surface area contributed by atoms with Gasteiger partial charge in [-0.05, 0) is 30.0 Å². The van der Waals surface area contributed by atoms with Crippen LogP contribution >= 0.6 is 0 Å². The maximum absolute atomic E-state index is 9.70. The van der Waals surface area contributed by atoms with E-state index in [-0.39, 0.29) is 6.61 Å². The highest BCUT2D eigenvalue weighted by Gasteiger charge is 2.18. The third kappa shape index (κ3) is 3.60. The fraction of sp³-hybridized carbons (Fsp3) is 0.412. The predicted molar refractivity (Wildman–Crippen MR) is 89.4 cm³/mol. The van der Waals surface area contributed by atoms with E-state index < -0.39 is 6.10 Å². The monoisotopic (exact) mass is 314 g/mol. The van der Waals surface area contributed by atoms with Gasteiger partial charge < -0.3 is 20.4 Å². The standard InChI is InChI=1S/C17H22N4O2/c1-12(23)13-2-3-15-10-21(6-4-14(15)8-13)17-9-16(18-5-7-22)19-11-20-17/h2-3,8-9,11-12,22-23H,4-7,10H2,1H3,(H,18,19,20)/t12-/m1/s1. The lowest BCUT2D eigenvalue weighted by Crippen LogP contribution is -2.31. The van der Waals surface area contributed by atoms with Gasteiger partial charge in [0.15, 0.2) is 0 Å². The molecular weight excluding hydrogens is 292 g/mol. The fourth-order valence-corrected chi connectivity index (χ4v) is 2.83. The molecule has 0 bridgehead atoms. The van der Waals surface area contributed by atoms with Crippen LogP contribution in [0.15, 0.2) is 30.6 Å². The molecule has 2 aromatic rings. The molecule has 0 saturated heterocycles. The number of nitrogens with zero attached hydrogens (tertiary/aromatic N) is 3. The number of fused-ring (bicyclic) bond motifs is 1. The minimum absolute atomic E-state index is 0.0715. The Morgan fingerprint density at radius 2 is 2.13 bits per heavy atom. The Kier molecular flexibility index (Phi) is 4.73. The van der Waals surface area contributed by atoms with Crippen molar-refractivity contribution in [1.29, 1.82) is 0 Å². The number of hydrogen-bond donors (Lipinski definition) is 3. The molecule has 0 amide bonds. The van der Waals surface area contributed by atoms with E-state index in [9.17, 15) is 5.11 Å². The molecule has 1 atom stereocenters. The van der Waals surface area contributed by atoms with Gasteiger partial charge in [-0.1, -0.05) is 18.2 Å². The summed E-state index contributed by atoms with van der Waals surface area (Å²) in [6, 6.07) is 8.09. The van der Waals surface area contributed by atoms with Gasteiger partial charge in [0.1, 0.15) is 18.0 Å². The summed E-state index contributed by atoms with van der Waals surface area (Å²) < 4.78 is 0. The number of hydrogen-bond acceptors (Lipinski definition) is 6. The Bertz CT molecular complexity index is 675. The van der Waals surface area contributed by atoms with Gasteiger partial charge in [0.05, 0.1) is 12.7 Å². The average Bonchev–Trinajstić information content (AvgIpc) is 2.59. The Balaban J connectivity index is 1.76. The topological polar surface area (TPSA) is 81.5 Å². The van der Waals surface area contributed by atoms with Crippen LogP contribution in [0.1, 0.15) is 29.7 Å². The molecule has 6 heteroatoms. The molecule has 0 radical (unpaired) electrons. The number of rotatable bonds is 5. The first-order valence-corrected chi connectivity index (χ1v) is 7.89. The van der Waals surface area contributed by atoms with E-state index in [4.69, 9.17) is 5.11 Å². The number of anilines is 2. The zero-order chi connectivity index (χ0) is 16.2. The van der Waals surface area contributed by atoms with E-state index in [2.05, 4.69) is 32.3 Å². The van der Waals surface area contributed by atoms with Crippen LogP contribution in [0.25, 0.3) is 0 Å². The van der Waals surface area contributed by atoms with Crippen LogP contribution in [0.5, 0.6) is 0 Å². The molecule has 23 heavy (non-hydrogen) atoms. The first-order valence-electron chi connectivity index (χ1n) is 7.89. The zero-order valence-corrected chi connectivity index (χ0v) is 13.2. The second-order valence-corrected chi connectivity index (χ2v) is 5.79. The minimum Gasteiger partial charge on any atom is -0.395 e. The van der Waals surface area contributed by atoms with Crippen LogP contribution in [0, 0.1) is 0 Å². The number of aromatic nitrogens is 2. The van der Waals surface area contributed by atoms with Crippen molar-refractivity contribution in [2.75, 3.05) is 29.9 Å². The second kappa shape index (κ2) is 6.93. The van der Waals surface area contributed by atoms with Crippen molar-refractivity contribution in [1.82, 2.24) is 9.97 Å². The Hall–Kier alpha value is -2.18. The van der Waals surface area contributed by atoms with Crippen molar-refractivity contribution in [2.24, 2.45) is 0 Å². The van der Waals surface area contributed by atoms with Gasteiger partial charge in [-0.2, -0.15) is 0 Å². The smallest absolute Gasteiger partial charge is 0.134 e. The molecule has 0 saturated carbocycles. The van der Waals surface area contributed by atoms with Crippen LogP contribution in [0.4, 0.5) is 11.6 Å². The van der Waals surface area contributed by atoms with Crippen molar-refractivity contribution >= 4 is 11.6 Å². The summed E-state index contributed by atoms with van der Waals surface area (Å²) >= 11 is 0. The highest BCUT2D eigenvalue weighted by Crippen LogP contribution is 2.26. The molecule has 0 aliphatic carbocycles. The highest BCUT2D eigenvalue weighted by atomic mass is 16.3. The van der Waals surface area contributed by atoms with Crippen LogP contribution in [-0.2, 0) is 13.0 Å². The predicted octanol–water partition coefficient (Wildman–Crippen LogP) is 1.50. The zero-order valence-electron chi connectivity index (χ0n) is 13.2. The molecule has 1 aliphatic heterocycles. The number of nitrogens with one attached hydrogen (secondary N) is 1. The van der Waals surface area contributed by atoms with Gasteiger partial charge in [-0.3, -0.25) is 0 Å². The van der Waals surface area contributed by atoms with E-state index in [1.165, 1.54) is 11.1 Å². The fourth-order valence-electron chi connectivity index (χ4n) is 2.83. The molecule has 6 nitrogen and oxygen atoms in total. The van der Waals surface area contributed by atoms with E-state index in [0.29, 0.717) is 6.54 Å². The molecule has 0 unspecified atom stereocenters. The molecular formula is C17H22N4O2. The number of benzene rings is 1. The van der Waals surface area contributed by atoms with E-state index in [1.54, 1.807) is 13.3 Å². The van der Waals surface area contributed by atoms with Gasteiger partial charge >= 0.3 is 0 Å². The summed E-state index contributed by atoms with van der Waals surface area (Å²) in [5, 5.41) is 21.6. The summed E-state index contributed by atoms with van der Waals surface area (Å²) in [5.74, 6) is 1.60. The molecule has 0 fully saturated rings. The Labute approximate surface area is 135 Å². The SMILES string of the molecule is C[C@@H](O)c1ccc2c(c1)CCN(c1cc(NCCO)ncn1)C2. The van der Waals surface area contributed by atoms with Crippen molar-refractivity contribution in [3.05, 3.63) is 47.3 Å². The van der Waals surface area contributed by atoms with E-state index in [0.717, 1.165) is 36.7 Å². The van der Waals surface area contributed by atoms with E-state index >= 15 is 0 Å². The summed E-state index contributed by atoms with van der Waals surface area (Å²) in [6.07, 6.45) is 2.04. The first-order chi connectivity index (χ1) is 11.2. The van der Waals surface area contributed by atoms with E-state index in [1.807, 2.05) is 12.1 Å². The Morgan fingerprint density at radius 1 is 1.26 bits per heavy atom. The van der Waals surface area contributed by atoms with Crippen LogP contribution in [-0.4, -0.2) is 39.9 Å². The van der Waals surface area contributed by atoms with Crippen LogP contribution < -0.4 is 10.2 Å². The quantitative estimate of drug-likeness (QED) is 0.776. The summed E-state index contributed by atoms with van der Waals surface area (Å²) in [4.78, 5) is 10.7. The summed E-state index contributed by atoms with van der Waals surface area (Å²) in [6.45, 7) is 4.01. The summed E-state index contributed by atoms with van der Waals surface area (Å²) in [7, 11) is 0. The second-order valence-electron chi connectivity index (χ2n) is 5.79. The lowest BCUT2D eigenvalue weighted by molar-refractivity contribution is 0.199. The number of aliphatic hydroxyl groups excluding tert-OH is 2. The number of aliphatic hydroxyl groups is 2. The third-order valence-electron chi connectivity index (χ3n) is 4.12. The maximum Gasteiger partial charge on any atom is 0.134 e. The van der Waals surface area contributed by atoms with Gasteiger partial charge in [-0.25, -0.2) is 9.97 Å². The third-order valence-corrected chi connectivity index (χ3v) is 4.12. The van der Waals surface area contributed by atoms with Gasteiger partial charge in [0.25, 0.3) is 0 Å². The van der Waals surface area contributed by atoms with Crippen LogP contribution in [0.3, 0.4) is 0 Å². The van der Waals surface area contributed by atoms with Crippen LogP contribution in [0.2, 0.25) is 0 Å². The Morgan fingerprint density at radius 3 is 2.91 bits per heavy atom. The largest absolute Gasteiger partial charge is 0.395 e. The average molecular weight is 314 g/mol. The van der Waals surface area contributed by atoms with Gasteiger partial charge in [0.2, 0.25) is 0 Å². The lowest BCUT2D eigenvalue weighted by atomic mass is 9.96.